The molecule has 18 heavy (non-hydrogen) atoms. The lowest BCUT2D eigenvalue weighted by molar-refractivity contribution is -0.126. The Labute approximate surface area is 110 Å². The number of hydrogen-bond donors (Lipinski definition) is 1. The van der Waals surface area contributed by atoms with Crippen molar-refractivity contribution in [1.82, 2.24) is 15.1 Å². The number of rotatable bonds is 5. The molecular weight excluding hydrogens is 226 g/mol. The molecule has 0 aromatic heterocycles. The van der Waals surface area contributed by atoms with Crippen LogP contribution in [0.3, 0.4) is 0 Å². The summed E-state index contributed by atoms with van der Waals surface area (Å²) in [6, 6.07) is 0.474. The maximum absolute atomic E-state index is 12.0. The Morgan fingerprint density at radius 3 is 2.44 bits per heavy atom. The van der Waals surface area contributed by atoms with Crippen LogP contribution in [0, 0.1) is 0 Å². The molecule has 0 aromatic carbocycles. The smallest absolute Gasteiger partial charge is 0.237 e. The molecule has 4 nitrogen and oxygen atoms in total. The lowest BCUT2D eigenvalue weighted by Gasteiger charge is -2.37. The van der Waals surface area contributed by atoms with Crippen LogP contribution in [0.2, 0.25) is 0 Å². The highest BCUT2D eigenvalue weighted by atomic mass is 16.2. The second-order valence-corrected chi connectivity index (χ2v) is 5.73. The predicted octanol–water partition coefficient (Wildman–Crippen LogP) is 0.847. The highest BCUT2D eigenvalue weighted by molar-refractivity contribution is 5.81. The van der Waals surface area contributed by atoms with Gasteiger partial charge < -0.3 is 5.32 Å². The quantitative estimate of drug-likeness (QED) is 0.736. The molecule has 2 aliphatic rings. The summed E-state index contributed by atoms with van der Waals surface area (Å²) in [5.74, 6) is 0.200. The van der Waals surface area contributed by atoms with Crippen LogP contribution in [0.5, 0.6) is 0 Å². The predicted molar refractivity (Wildman–Crippen MR) is 73.5 cm³/mol. The molecular formula is C14H25N3O. The molecule has 2 rings (SSSR count). The fourth-order valence-corrected chi connectivity index (χ4v) is 2.41. The van der Waals surface area contributed by atoms with Crippen LogP contribution in [0.25, 0.3) is 0 Å². The fourth-order valence-electron chi connectivity index (χ4n) is 2.41. The standard InChI is InChI=1S/C14H25N3O/c1-11(2)10-16-6-8-17(9-7-16)12(3)14(18)15-13-4-5-13/h12-13H,1,4-10H2,2-3H3,(H,15,18). The molecule has 1 saturated heterocycles. The molecule has 1 heterocycles. The molecule has 2 fully saturated rings. The average Bonchev–Trinajstić information content (AvgIpc) is 3.12. The summed E-state index contributed by atoms with van der Waals surface area (Å²) in [7, 11) is 0. The van der Waals surface area contributed by atoms with Crippen molar-refractivity contribution in [3.63, 3.8) is 0 Å². The third-order valence-electron chi connectivity index (χ3n) is 3.75. The highest BCUT2D eigenvalue weighted by Gasteiger charge is 2.29. The van der Waals surface area contributed by atoms with Crippen LogP contribution in [-0.4, -0.2) is 60.5 Å². The molecule has 0 bridgehead atoms. The van der Waals surface area contributed by atoms with E-state index in [1.54, 1.807) is 0 Å². The minimum absolute atomic E-state index is 0.0116. The number of carbonyl (C=O) groups is 1. The molecule has 1 amide bonds. The molecule has 1 saturated carbocycles. The van der Waals surface area contributed by atoms with Crippen LogP contribution in [0.1, 0.15) is 26.7 Å². The maximum atomic E-state index is 12.0. The first kappa shape index (κ1) is 13.6. The maximum Gasteiger partial charge on any atom is 0.237 e. The van der Waals surface area contributed by atoms with Gasteiger partial charge in [-0.3, -0.25) is 14.6 Å². The van der Waals surface area contributed by atoms with Crippen molar-refractivity contribution in [1.29, 1.82) is 0 Å². The molecule has 1 atom stereocenters. The van der Waals surface area contributed by atoms with E-state index in [0.717, 1.165) is 45.6 Å². The lowest BCUT2D eigenvalue weighted by atomic mass is 10.2. The third-order valence-corrected chi connectivity index (χ3v) is 3.75. The first-order valence-corrected chi connectivity index (χ1v) is 6.97. The SMILES string of the molecule is C=C(C)CN1CCN(C(C)C(=O)NC2CC2)CC1. The van der Waals surface area contributed by atoms with Gasteiger partial charge in [-0.25, -0.2) is 0 Å². The van der Waals surface area contributed by atoms with Crippen molar-refractivity contribution in [2.45, 2.75) is 38.8 Å². The number of piperazine rings is 1. The minimum atomic E-state index is 0.0116. The highest BCUT2D eigenvalue weighted by Crippen LogP contribution is 2.19. The number of nitrogens with zero attached hydrogens (tertiary/aromatic N) is 2. The zero-order valence-corrected chi connectivity index (χ0v) is 11.6. The summed E-state index contributed by atoms with van der Waals surface area (Å²) in [6.07, 6.45) is 2.32. The Morgan fingerprint density at radius 1 is 1.33 bits per heavy atom. The van der Waals surface area contributed by atoms with E-state index in [1.165, 1.54) is 5.57 Å². The van der Waals surface area contributed by atoms with Crippen molar-refractivity contribution in [2.24, 2.45) is 0 Å². The minimum Gasteiger partial charge on any atom is -0.352 e. The van der Waals surface area contributed by atoms with Crippen molar-refractivity contribution in [3.8, 4) is 0 Å². The average molecular weight is 251 g/mol. The van der Waals surface area contributed by atoms with Gasteiger partial charge in [-0.05, 0) is 26.7 Å². The van der Waals surface area contributed by atoms with Gasteiger partial charge in [-0.2, -0.15) is 0 Å². The Kier molecular flexibility index (Phi) is 4.40. The zero-order valence-electron chi connectivity index (χ0n) is 11.6. The van der Waals surface area contributed by atoms with Crippen LogP contribution in [0.15, 0.2) is 12.2 Å². The van der Waals surface area contributed by atoms with Gasteiger partial charge in [0.1, 0.15) is 0 Å². The Hall–Kier alpha value is -0.870. The summed E-state index contributed by atoms with van der Waals surface area (Å²) in [5, 5.41) is 3.09. The normalized spacial score (nSPS) is 23.7. The van der Waals surface area contributed by atoms with Crippen LogP contribution in [-0.2, 0) is 4.79 Å². The summed E-state index contributed by atoms with van der Waals surface area (Å²) in [6.45, 7) is 13.1. The van der Waals surface area contributed by atoms with E-state index in [0.29, 0.717) is 6.04 Å². The number of hydrogen-bond acceptors (Lipinski definition) is 3. The van der Waals surface area contributed by atoms with Crippen LogP contribution in [0.4, 0.5) is 0 Å². The largest absolute Gasteiger partial charge is 0.352 e. The van der Waals surface area contributed by atoms with Crippen LogP contribution >= 0.6 is 0 Å². The molecule has 102 valence electrons. The van der Waals surface area contributed by atoms with Crippen LogP contribution < -0.4 is 5.32 Å². The monoisotopic (exact) mass is 251 g/mol. The summed E-state index contributed by atoms with van der Waals surface area (Å²) in [4.78, 5) is 16.7. The lowest BCUT2D eigenvalue weighted by Crippen LogP contribution is -2.54. The number of nitrogens with one attached hydrogen (secondary N) is 1. The molecule has 1 N–H and O–H groups in total. The Bertz CT molecular complexity index is 317. The van der Waals surface area contributed by atoms with Crippen molar-refractivity contribution in [3.05, 3.63) is 12.2 Å². The van der Waals surface area contributed by atoms with Gasteiger partial charge in [0.25, 0.3) is 0 Å². The van der Waals surface area contributed by atoms with E-state index in [-0.39, 0.29) is 11.9 Å². The van der Waals surface area contributed by atoms with Gasteiger partial charge in [0, 0.05) is 38.8 Å². The molecule has 1 aliphatic heterocycles. The van der Waals surface area contributed by atoms with E-state index in [1.807, 2.05) is 6.92 Å². The van der Waals surface area contributed by atoms with E-state index in [9.17, 15) is 4.79 Å². The van der Waals surface area contributed by atoms with Crippen molar-refractivity contribution < 1.29 is 4.79 Å². The van der Waals surface area contributed by atoms with Gasteiger partial charge in [-0.15, -0.1) is 0 Å². The van der Waals surface area contributed by atoms with Crippen molar-refractivity contribution >= 4 is 5.91 Å². The Morgan fingerprint density at radius 2 is 1.94 bits per heavy atom. The van der Waals surface area contributed by atoms with E-state index in [4.69, 9.17) is 0 Å². The zero-order chi connectivity index (χ0) is 13.1. The molecule has 0 radical (unpaired) electrons. The molecule has 1 unspecified atom stereocenters. The van der Waals surface area contributed by atoms with Gasteiger partial charge in [-0.1, -0.05) is 12.2 Å². The summed E-state index contributed by atoms with van der Waals surface area (Å²) in [5.41, 5.74) is 1.21. The summed E-state index contributed by atoms with van der Waals surface area (Å²) >= 11 is 0. The van der Waals surface area contributed by atoms with Gasteiger partial charge >= 0.3 is 0 Å². The number of carbonyl (C=O) groups excluding carboxylic acids is 1. The topological polar surface area (TPSA) is 35.6 Å². The van der Waals surface area contributed by atoms with Gasteiger partial charge in [0.15, 0.2) is 0 Å². The molecule has 0 spiro atoms. The van der Waals surface area contributed by atoms with Gasteiger partial charge in [0.2, 0.25) is 5.91 Å². The van der Waals surface area contributed by atoms with Gasteiger partial charge in [0.05, 0.1) is 6.04 Å². The summed E-state index contributed by atoms with van der Waals surface area (Å²) < 4.78 is 0. The van der Waals surface area contributed by atoms with E-state index in [2.05, 4.69) is 28.6 Å². The van der Waals surface area contributed by atoms with Crippen molar-refractivity contribution in [2.75, 3.05) is 32.7 Å². The molecule has 1 aliphatic carbocycles. The first-order valence-electron chi connectivity index (χ1n) is 6.97. The van der Waals surface area contributed by atoms with E-state index < -0.39 is 0 Å². The second kappa shape index (κ2) is 5.85. The Balaban J connectivity index is 1.74. The number of amides is 1. The first-order chi connectivity index (χ1) is 8.56. The second-order valence-electron chi connectivity index (χ2n) is 5.73. The van der Waals surface area contributed by atoms with E-state index >= 15 is 0 Å². The molecule has 0 aromatic rings. The fraction of sp³-hybridized carbons (Fsp3) is 0.786. The molecule has 4 heteroatoms. The third kappa shape index (κ3) is 3.82.